The molecule has 0 aliphatic heterocycles. The molecule has 114 valence electrons. The van der Waals surface area contributed by atoms with Crippen LogP contribution in [0.3, 0.4) is 0 Å². The zero-order valence-corrected chi connectivity index (χ0v) is 12.1. The van der Waals surface area contributed by atoms with Crippen molar-refractivity contribution in [1.29, 1.82) is 0 Å². The van der Waals surface area contributed by atoms with Gasteiger partial charge in [-0.2, -0.15) is 0 Å². The van der Waals surface area contributed by atoms with Crippen LogP contribution in [0.2, 0.25) is 0 Å². The van der Waals surface area contributed by atoms with E-state index in [1.807, 2.05) is 42.5 Å². The fraction of sp³-hybridized carbons (Fsp3) is 0.0588. The van der Waals surface area contributed by atoms with E-state index in [0.717, 1.165) is 22.5 Å². The first-order valence-electron chi connectivity index (χ1n) is 7.00. The summed E-state index contributed by atoms with van der Waals surface area (Å²) in [6.07, 6.45) is 1.33. The number of hydrogen-bond donors (Lipinski definition) is 1. The van der Waals surface area contributed by atoms with Gasteiger partial charge in [-0.05, 0) is 22.4 Å². The lowest BCUT2D eigenvalue weighted by Crippen LogP contribution is -2.15. The molecule has 0 aliphatic rings. The van der Waals surface area contributed by atoms with Crippen molar-refractivity contribution in [3.8, 4) is 0 Å². The van der Waals surface area contributed by atoms with Crippen molar-refractivity contribution in [1.82, 2.24) is 4.98 Å². The number of nitro groups is 1. The highest BCUT2D eigenvalue weighted by Gasteiger charge is 2.10. The molecule has 0 aliphatic carbocycles. The summed E-state index contributed by atoms with van der Waals surface area (Å²) in [5, 5.41) is 15.3. The summed E-state index contributed by atoms with van der Waals surface area (Å²) in [4.78, 5) is 26.1. The Balaban J connectivity index is 1.75. The van der Waals surface area contributed by atoms with Crippen molar-refractivity contribution < 1.29 is 9.72 Å². The summed E-state index contributed by atoms with van der Waals surface area (Å²) in [5.41, 5.74) is 0.805. The third kappa shape index (κ3) is 3.32. The van der Waals surface area contributed by atoms with Crippen LogP contribution in [0.4, 0.5) is 11.5 Å². The van der Waals surface area contributed by atoms with E-state index in [0.29, 0.717) is 5.82 Å². The van der Waals surface area contributed by atoms with Gasteiger partial charge >= 0.3 is 0 Å². The lowest BCUT2D eigenvalue weighted by atomic mass is 10.0. The standard InChI is InChI=1S/C17H13N3O3/c21-17(19-16-9-8-14(11-18-16)20(22)23)10-13-6-3-5-12-4-1-2-7-15(12)13/h1-9,11H,10H2,(H,18,19,21). The van der Waals surface area contributed by atoms with E-state index in [9.17, 15) is 14.9 Å². The molecule has 0 atom stereocenters. The lowest BCUT2D eigenvalue weighted by Gasteiger charge is -2.07. The topological polar surface area (TPSA) is 85.1 Å². The Morgan fingerprint density at radius 2 is 1.87 bits per heavy atom. The van der Waals surface area contributed by atoms with Gasteiger partial charge < -0.3 is 5.32 Å². The number of aromatic nitrogens is 1. The Hall–Kier alpha value is -3.28. The monoisotopic (exact) mass is 307 g/mol. The molecule has 3 aromatic rings. The fourth-order valence-electron chi connectivity index (χ4n) is 2.37. The van der Waals surface area contributed by atoms with Crippen molar-refractivity contribution in [3.63, 3.8) is 0 Å². The predicted octanol–water partition coefficient (Wildman–Crippen LogP) is 3.32. The van der Waals surface area contributed by atoms with E-state index >= 15 is 0 Å². The van der Waals surface area contributed by atoms with Crippen LogP contribution in [0.5, 0.6) is 0 Å². The minimum atomic E-state index is -0.533. The Kier molecular flexibility index (Phi) is 3.97. The number of pyridine rings is 1. The number of amides is 1. The number of rotatable bonds is 4. The number of anilines is 1. The molecule has 0 radical (unpaired) electrons. The maximum atomic E-state index is 12.2. The molecule has 1 aromatic heterocycles. The van der Waals surface area contributed by atoms with Gasteiger partial charge in [-0.25, -0.2) is 4.98 Å². The summed E-state index contributed by atoms with van der Waals surface area (Å²) >= 11 is 0. The van der Waals surface area contributed by atoms with Crippen LogP contribution in [0, 0.1) is 10.1 Å². The van der Waals surface area contributed by atoms with Crippen molar-refractivity contribution >= 4 is 28.2 Å². The van der Waals surface area contributed by atoms with Crippen LogP contribution in [-0.2, 0) is 11.2 Å². The Bertz CT molecular complexity index is 870. The normalized spacial score (nSPS) is 10.4. The molecule has 1 heterocycles. The molecule has 23 heavy (non-hydrogen) atoms. The summed E-state index contributed by atoms with van der Waals surface area (Å²) in [6.45, 7) is 0. The molecule has 6 nitrogen and oxygen atoms in total. The molecule has 0 saturated heterocycles. The van der Waals surface area contributed by atoms with Gasteiger partial charge in [0.15, 0.2) is 0 Å². The minimum Gasteiger partial charge on any atom is -0.310 e. The van der Waals surface area contributed by atoms with Gasteiger partial charge in [0.25, 0.3) is 5.69 Å². The van der Waals surface area contributed by atoms with Crippen LogP contribution in [-0.4, -0.2) is 15.8 Å². The Labute approximate surface area is 131 Å². The van der Waals surface area contributed by atoms with E-state index in [-0.39, 0.29) is 18.0 Å². The molecule has 6 heteroatoms. The van der Waals surface area contributed by atoms with Gasteiger partial charge in [0.1, 0.15) is 12.0 Å². The van der Waals surface area contributed by atoms with Crippen molar-refractivity contribution in [2.45, 2.75) is 6.42 Å². The van der Waals surface area contributed by atoms with Crippen LogP contribution in [0.25, 0.3) is 10.8 Å². The number of carbonyl (C=O) groups excluding carboxylic acids is 1. The van der Waals surface area contributed by atoms with E-state index in [1.54, 1.807) is 0 Å². The van der Waals surface area contributed by atoms with Crippen molar-refractivity contribution in [2.75, 3.05) is 5.32 Å². The predicted molar refractivity (Wildman–Crippen MR) is 87.2 cm³/mol. The first-order chi connectivity index (χ1) is 11.1. The van der Waals surface area contributed by atoms with Gasteiger partial charge in [0, 0.05) is 6.07 Å². The largest absolute Gasteiger partial charge is 0.310 e. The van der Waals surface area contributed by atoms with E-state index in [4.69, 9.17) is 0 Å². The quantitative estimate of drug-likeness (QED) is 0.592. The highest BCUT2D eigenvalue weighted by Crippen LogP contribution is 2.19. The van der Waals surface area contributed by atoms with E-state index in [2.05, 4.69) is 10.3 Å². The van der Waals surface area contributed by atoms with E-state index < -0.39 is 4.92 Å². The zero-order chi connectivity index (χ0) is 16.2. The summed E-state index contributed by atoms with van der Waals surface area (Å²) in [6, 6.07) is 16.4. The van der Waals surface area contributed by atoms with Crippen molar-refractivity contribution in [3.05, 3.63) is 76.5 Å². The molecule has 0 fully saturated rings. The first kappa shape index (κ1) is 14.6. The minimum absolute atomic E-state index is 0.114. The lowest BCUT2D eigenvalue weighted by molar-refractivity contribution is -0.385. The average molecular weight is 307 g/mol. The smallest absolute Gasteiger partial charge is 0.287 e. The molecule has 1 amide bonds. The molecule has 0 unspecified atom stereocenters. The highest BCUT2D eigenvalue weighted by molar-refractivity contribution is 5.95. The number of nitrogens with zero attached hydrogens (tertiary/aromatic N) is 2. The van der Waals surface area contributed by atoms with E-state index in [1.165, 1.54) is 12.1 Å². The second-order valence-electron chi connectivity index (χ2n) is 5.02. The SMILES string of the molecule is O=C(Cc1cccc2ccccc12)Nc1ccc([N+](=O)[O-])cn1. The second-order valence-corrected chi connectivity index (χ2v) is 5.02. The fourth-order valence-corrected chi connectivity index (χ4v) is 2.37. The Morgan fingerprint density at radius 3 is 2.61 bits per heavy atom. The molecular weight excluding hydrogens is 294 g/mol. The Morgan fingerprint density at radius 1 is 1.09 bits per heavy atom. The zero-order valence-electron chi connectivity index (χ0n) is 12.1. The van der Waals surface area contributed by atoms with Gasteiger partial charge in [0.2, 0.25) is 5.91 Å². The third-order valence-corrected chi connectivity index (χ3v) is 3.46. The number of nitrogens with one attached hydrogen (secondary N) is 1. The summed E-state index contributed by atoms with van der Waals surface area (Å²) < 4.78 is 0. The molecule has 1 N–H and O–H groups in total. The second kappa shape index (κ2) is 6.23. The van der Waals surface area contributed by atoms with Crippen LogP contribution >= 0.6 is 0 Å². The van der Waals surface area contributed by atoms with Crippen LogP contribution in [0.15, 0.2) is 60.8 Å². The average Bonchev–Trinajstić information content (AvgIpc) is 2.55. The third-order valence-electron chi connectivity index (χ3n) is 3.46. The van der Waals surface area contributed by atoms with Gasteiger partial charge in [-0.1, -0.05) is 42.5 Å². The maximum absolute atomic E-state index is 12.2. The number of carbonyl (C=O) groups is 1. The van der Waals surface area contributed by atoms with Crippen LogP contribution in [0.1, 0.15) is 5.56 Å². The molecule has 0 saturated carbocycles. The maximum Gasteiger partial charge on any atom is 0.287 e. The summed E-state index contributed by atoms with van der Waals surface area (Å²) in [7, 11) is 0. The van der Waals surface area contributed by atoms with Gasteiger partial charge in [0.05, 0.1) is 11.3 Å². The molecule has 3 rings (SSSR count). The molecule has 0 bridgehead atoms. The first-order valence-corrected chi connectivity index (χ1v) is 7.00. The molecule has 2 aromatic carbocycles. The number of fused-ring (bicyclic) bond motifs is 1. The van der Waals surface area contributed by atoms with Crippen molar-refractivity contribution in [2.24, 2.45) is 0 Å². The van der Waals surface area contributed by atoms with Gasteiger partial charge in [-0.15, -0.1) is 0 Å². The summed E-state index contributed by atoms with van der Waals surface area (Å²) in [5.74, 6) is 0.0727. The number of hydrogen-bond acceptors (Lipinski definition) is 4. The number of benzene rings is 2. The van der Waals surface area contributed by atoms with Gasteiger partial charge in [-0.3, -0.25) is 14.9 Å². The molecular formula is C17H13N3O3. The molecule has 0 spiro atoms. The highest BCUT2D eigenvalue weighted by atomic mass is 16.6. The van der Waals surface area contributed by atoms with Crippen LogP contribution < -0.4 is 5.32 Å².